The Morgan fingerprint density at radius 3 is 2.48 bits per heavy atom. The molecular formula is C21H35BrN2O. The summed E-state index contributed by atoms with van der Waals surface area (Å²) >= 11 is 4.06. The Balaban J connectivity index is 1.19. The maximum Gasteiger partial charge on any atom is 0.220 e. The van der Waals surface area contributed by atoms with Crippen molar-refractivity contribution >= 4 is 21.8 Å². The summed E-state index contributed by atoms with van der Waals surface area (Å²) in [5, 5.41) is 3.24. The van der Waals surface area contributed by atoms with Crippen molar-refractivity contribution in [2.24, 2.45) is 23.2 Å². The van der Waals surface area contributed by atoms with Gasteiger partial charge in [0, 0.05) is 17.3 Å². The number of nitrogens with one attached hydrogen (secondary N) is 1. The van der Waals surface area contributed by atoms with Gasteiger partial charge in [-0.3, -0.25) is 4.79 Å². The minimum atomic E-state index is 0.306. The number of likely N-dealkylation sites (tertiary alicyclic amines) is 1. The van der Waals surface area contributed by atoms with Gasteiger partial charge in [-0.25, -0.2) is 0 Å². The Labute approximate surface area is 161 Å². The van der Waals surface area contributed by atoms with Crippen LogP contribution in [0.1, 0.15) is 71.1 Å². The van der Waals surface area contributed by atoms with Crippen molar-refractivity contribution in [1.29, 1.82) is 0 Å². The van der Waals surface area contributed by atoms with Crippen LogP contribution >= 0.6 is 15.9 Å². The summed E-state index contributed by atoms with van der Waals surface area (Å²) in [5.41, 5.74) is 0.306. The first-order chi connectivity index (χ1) is 11.9. The standard InChI is InChI=1S/C21H35BrN2O/c1-16-3-7-24(8-4-16)6-2-5-23-19(25)14-20-10-17-9-18(11-20)13-21(22,12-17)15-20/h16-18H,2-15H2,1H3,(H,23,25). The molecule has 5 rings (SSSR count). The van der Waals surface area contributed by atoms with E-state index in [-0.39, 0.29) is 0 Å². The molecule has 1 saturated heterocycles. The molecule has 5 aliphatic rings. The molecule has 2 unspecified atom stereocenters. The van der Waals surface area contributed by atoms with Crippen LogP contribution in [-0.4, -0.2) is 41.3 Å². The van der Waals surface area contributed by atoms with Gasteiger partial charge in [-0.15, -0.1) is 0 Å². The highest BCUT2D eigenvalue weighted by Gasteiger charge is 2.57. The molecule has 142 valence electrons. The van der Waals surface area contributed by atoms with Crippen molar-refractivity contribution in [3.8, 4) is 0 Å². The third-order valence-electron chi connectivity index (χ3n) is 7.50. The van der Waals surface area contributed by atoms with Crippen molar-refractivity contribution < 1.29 is 4.79 Å². The SMILES string of the molecule is CC1CCN(CCCNC(=O)CC23CC4CC(CC(Br)(C4)C2)C3)CC1. The fourth-order valence-corrected chi connectivity index (χ4v) is 8.27. The molecule has 5 fully saturated rings. The lowest BCUT2D eigenvalue weighted by Crippen LogP contribution is -2.54. The summed E-state index contributed by atoms with van der Waals surface area (Å²) in [5.74, 6) is 2.95. The summed E-state index contributed by atoms with van der Waals surface area (Å²) < 4.78 is 0.364. The predicted molar refractivity (Wildman–Crippen MR) is 106 cm³/mol. The number of nitrogens with zero attached hydrogens (tertiary/aromatic N) is 1. The minimum Gasteiger partial charge on any atom is -0.356 e. The lowest BCUT2D eigenvalue weighted by atomic mass is 9.48. The molecule has 0 spiro atoms. The van der Waals surface area contributed by atoms with Crippen LogP contribution in [0.5, 0.6) is 0 Å². The molecular weight excluding hydrogens is 376 g/mol. The van der Waals surface area contributed by atoms with E-state index < -0.39 is 0 Å². The second-order valence-electron chi connectivity index (χ2n) is 10.0. The average molecular weight is 411 g/mol. The summed E-state index contributed by atoms with van der Waals surface area (Å²) in [7, 11) is 0. The van der Waals surface area contributed by atoms with E-state index in [9.17, 15) is 4.79 Å². The van der Waals surface area contributed by atoms with Crippen LogP contribution < -0.4 is 5.32 Å². The zero-order valence-corrected chi connectivity index (χ0v) is 17.5. The zero-order chi connectivity index (χ0) is 17.5. The molecule has 0 aromatic carbocycles. The molecule has 4 heteroatoms. The van der Waals surface area contributed by atoms with Crippen LogP contribution in [0.15, 0.2) is 0 Å². The maximum absolute atomic E-state index is 12.6. The van der Waals surface area contributed by atoms with Crippen molar-refractivity contribution in [3.63, 3.8) is 0 Å². The molecule has 1 amide bonds. The second-order valence-corrected chi connectivity index (χ2v) is 11.7. The van der Waals surface area contributed by atoms with Crippen molar-refractivity contribution in [2.75, 3.05) is 26.2 Å². The van der Waals surface area contributed by atoms with Gasteiger partial charge in [-0.2, -0.15) is 0 Å². The van der Waals surface area contributed by atoms with Gasteiger partial charge >= 0.3 is 0 Å². The van der Waals surface area contributed by atoms with E-state index in [1.165, 1.54) is 64.5 Å². The Morgan fingerprint density at radius 2 is 1.84 bits per heavy atom. The first kappa shape index (κ1) is 18.3. The van der Waals surface area contributed by atoms with E-state index in [1.807, 2.05) is 0 Å². The van der Waals surface area contributed by atoms with Gasteiger partial charge in [0.1, 0.15) is 0 Å². The molecule has 0 aromatic rings. The number of piperidine rings is 1. The first-order valence-corrected chi connectivity index (χ1v) is 11.4. The summed E-state index contributed by atoms with van der Waals surface area (Å²) in [4.78, 5) is 15.2. The van der Waals surface area contributed by atoms with Gasteiger partial charge in [0.05, 0.1) is 0 Å². The molecule has 25 heavy (non-hydrogen) atoms. The molecule has 1 N–H and O–H groups in total. The Morgan fingerprint density at radius 1 is 1.16 bits per heavy atom. The largest absolute Gasteiger partial charge is 0.356 e. The molecule has 0 radical (unpaired) electrons. The molecule has 4 saturated carbocycles. The van der Waals surface area contributed by atoms with Crippen LogP contribution in [0.4, 0.5) is 0 Å². The van der Waals surface area contributed by atoms with Crippen LogP contribution in [-0.2, 0) is 4.79 Å². The smallest absolute Gasteiger partial charge is 0.220 e. The van der Waals surface area contributed by atoms with E-state index in [4.69, 9.17) is 0 Å². The van der Waals surface area contributed by atoms with Gasteiger partial charge in [-0.1, -0.05) is 22.9 Å². The molecule has 4 aliphatic carbocycles. The Bertz CT molecular complexity index is 486. The van der Waals surface area contributed by atoms with Gasteiger partial charge < -0.3 is 10.2 Å². The average Bonchev–Trinajstić information content (AvgIpc) is 2.50. The molecule has 1 heterocycles. The van der Waals surface area contributed by atoms with Crippen molar-refractivity contribution in [1.82, 2.24) is 10.2 Å². The highest BCUT2D eigenvalue weighted by Crippen LogP contribution is 2.65. The number of carbonyl (C=O) groups excluding carboxylic acids is 1. The Kier molecular flexibility index (Phi) is 5.22. The van der Waals surface area contributed by atoms with E-state index in [1.54, 1.807) is 0 Å². The number of rotatable bonds is 6. The van der Waals surface area contributed by atoms with Crippen LogP contribution in [0.3, 0.4) is 0 Å². The zero-order valence-electron chi connectivity index (χ0n) is 15.9. The van der Waals surface area contributed by atoms with Crippen LogP contribution in [0, 0.1) is 23.2 Å². The van der Waals surface area contributed by atoms with Crippen LogP contribution in [0.2, 0.25) is 0 Å². The summed E-state index contributed by atoms with van der Waals surface area (Å²) in [6.07, 6.45) is 12.5. The van der Waals surface area contributed by atoms with Gasteiger partial charge in [0.25, 0.3) is 0 Å². The number of carbonyl (C=O) groups is 1. The number of amides is 1. The highest BCUT2D eigenvalue weighted by atomic mass is 79.9. The molecule has 3 nitrogen and oxygen atoms in total. The molecule has 1 aliphatic heterocycles. The summed E-state index contributed by atoms with van der Waals surface area (Å²) in [6, 6.07) is 0. The maximum atomic E-state index is 12.6. The lowest BCUT2D eigenvalue weighted by Gasteiger charge is -2.60. The highest BCUT2D eigenvalue weighted by molar-refractivity contribution is 9.10. The number of hydrogen-bond donors (Lipinski definition) is 1. The van der Waals surface area contributed by atoms with Crippen molar-refractivity contribution in [2.45, 2.75) is 75.5 Å². The fraction of sp³-hybridized carbons (Fsp3) is 0.952. The van der Waals surface area contributed by atoms with E-state index in [2.05, 4.69) is 33.1 Å². The quantitative estimate of drug-likeness (QED) is 0.521. The monoisotopic (exact) mass is 410 g/mol. The van der Waals surface area contributed by atoms with Gasteiger partial charge in [0.15, 0.2) is 0 Å². The first-order valence-electron chi connectivity index (χ1n) is 10.6. The van der Waals surface area contributed by atoms with Gasteiger partial charge in [-0.05, 0) is 101 Å². The van der Waals surface area contributed by atoms with E-state index in [0.717, 1.165) is 43.7 Å². The van der Waals surface area contributed by atoms with Crippen molar-refractivity contribution in [3.05, 3.63) is 0 Å². The Hall–Kier alpha value is -0.0900. The van der Waals surface area contributed by atoms with Crippen LogP contribution in [0.25, 0.3) is 0 Å². The van der Waals surface area contributed by atoms with E-state index >= 15 is 0 Å². The third kappa shape index (κ3) is 4.26. The third-order valence-corrected chi connectivity index (χ3v) is 8.42. The topological polar surface area (TPSA) is 32.3 Å². The minimum absolute atomic E-state index is 0.306. The second kappa shape index (κ2) is 7.14. The molecule has 4 bridgehead atoms. The summed E-state index contributed by atoms with van der Waals surface area (Å²) in [6.45, 7) is 6.85. The van der Waals surface area contributed by atoms with Gasteiger partial charge in [0.2, 0.25) is 5.91 Å². The predicted octanol–water partition coefficient (Wildman–Crippen LogP) is 4.35. The fourth-order valence-electron chi connectivity index (χ4n) is 6.76. The molecule has 2 atom stereocenters. The normalized spacial score (nSPS) is 41.2. The lowest BCUT2D eigenvalue weighted by molar-refractivity contribution is -0.128. The number of alkyl halides is 1. The molecule has 0 aromatic heterocycles. The number of halogens is 1. The van der Waals surface area contributed by atoms with E-state index in [0.29, 0.717) is 15.6 Å². The number of hydrogen-bond acceptors (Lipinski definition) is 2.